The average molecular weight is 1350 g/mol. The van der Waals surface area contributed by atoms with Crippen LogP contribution in [0.4, 0.5) is 45.5 Å². The fraction of sp³-hybridized carbons (Fsp3) is 0.0204. The summed E-state index contributed by atoms with van der Waals surface area (Å²) in [4.78, 5) is -3.36. The highest BCUT2D eigenvalue weighted by molar-refractivity contribution is 7.95. The van der Waals surface area contributed by atoms with Gasteiger partial charge in [0.25, 0.3) is 40.5 Å². The molecule has 0 saturated carbocycles. The highest BCUT2D eigenvalue weighted by Gasteiger charge is 2.28. The number of nitrogen functional groups attached to an aromatic ring is 2. The standard InChI is InChI=1S/C49H38N8O24S7/c1-24-2-15-35(50)44-33(24)22-39(84-81-78-63)46(48(44)58)54-52-29-11-7-25(37(18-29)82-79-76-61)3-5-28-9-13-31(20-42(28)87(70,71)72)56-57(60)32-14-10-26(38(21-32)83-80-77-62)4-6-27-8-12-30(19-41(27)86(67,68)69)53-55-47-43(88(73,74)75)23-34-40(85(64,65)66)17-16-36(51)45(34)49(47)59/h2-23,58-59,61-63H,50-51H2,1H3,(H,64,65,66)(H,67,68,69)(H,70,71,72)(H,73,74,75)/b5-3+,6-4+,54-52?,55-53?,57-56?. The molecule has 0 radical (unpaired) electrons. The summed E-state index contributed by atoms with van der Waals surface area (Å²) in [6, 6.07) is 21.3. The Labute approximate surface area is 507 Å². The van der Waals surface area contributed by atoms with Crippen molar-refractivity contribution in [1.29, 1.82) is 0 Å². The molecule has 0 atom stereocenters. The first-order valence-electron chi connectivity index (χ1n) is 23.4. The van der Waals surface area contributed by atoms with E-state index in [4.69, 9.17) is 27.2 Å². The van der Waals surface area contributed by atoms with Gasteiger partial charge in [0, 0.05) is 44.3 Å². The molecule has 0 heterocycles. The van der Waals surface area contributed by atoms with Gasteiger partial charge in [-0.15, -0.1) is 23.2 Å². The van der Waals surface area contributed by atoms with E-state index >= 15 is 0 Å². The number of hydrogen-bond donors (Lipinski definition) is 11. The van der Waals surface area contributed by atoms with E-state index in [1.165, 1.54) is 60.7 Å². The molecule has 13 N–H and O–H groups in total. The molecule has 0 fully saturated rings. The Hall–Kier alpha value is -8.11. The van der Waals surface area contributed by atoms with Crippen molar-refractivity contribution >= 4 is 168 Å². The molecule has 0 spiro atoms. The SMILES string of the molecule is Cc1ccc(N)c2c(O)c(N=Nc3ccc(/C=C/c4ccc(N=[N+]([O-])c5ccc(/C=C/c6ccc(N=Nc7c(S(=O)(=O)O)cc8c(S(=O)(=O)O)ccc(N)c8c7O)cc6S(=O)(=O)O)c(SOOO)c5)cc4S(=O)(=O)O)c(SOOO)c3)c(SOOO)cc12. The van der Waals surface area contributed by atoms with Crippen molar-refractivity contribution in [3.8, 4) is 11.5 Å². The van der Waals surface area contributed by atoms with Gasteiger partial charge in [-0.05, 0) is 113 Å². The van der Waals surface area contributed by atoms with Gasteiger partial charge < -0.3 is 26.9 Å². The largest absolute Gasteiger partial charge is 0.594 e. The molecular formula is C49H38N8O24S7. The second-order valence-electron chi connectivity index (χ2n) is 17.5. The third-order valence-electron chi connectivity index (χ3n) is 12.1. The van der Waals surface area contributed by atoms with Gasteiger partial charge in [0.1, 0.15) is 36.6 Å². The zero-order valence-electron chi connectivity index (χ0n) is 43.5. The summed E-state index contributed by atoms with van der Waals surface area (Å²) < 4.78 is 154. The molecule has 32 nitrogen and oxygen atoms in total. The van der Waals surface area contributed by atoms with Crippen LogP contribution in [0.25, 0.3) is 45.8 Å². The normalized spacial score (nSPS) is 13.0. The molecule has 8 rings (SSSR count). The van der Waals surface area contributed by atoms with Crippen LogP contribution < -0.4 is 11.5 Å². The third kappa shape index (κ3) is 15.2. The van der Waals surface area contributed by atoms with Crippen molar-refractivity contribution in [2.24, 2.45) is 25.6 Å². The maximum atomic E-state index is 13.5. The number of fused-ring (bicyclic) bond motifs is 2. The number of aryl methyl sites for hydroxylation is 1. The van der Waals surface area contributed by atoms with Gasteiger partial charge in [0.05, 0.1) is 62.7 Å². The molecule has 0 aliphatic rings. The van der Waals surface area contributed by atoms with Crippen LogP contribution in [0, 0.1) is 12.1 Å². The van der Waals surface area contributed by atoms with Gasteiger partial charge in [-0.2, -0.15) is 43.9 Å². The van der Waals surface area contributed by atoms with Crippen molar-refractivity contribution in [3.63, 3.8) is 0 Å². The minimum Gasteiger partial charge on any atom is -0.594 e. The van der Waals surface area contributed by atoms with Crippen LogP contribution in [0.2, 0.25) is 0 Å². The zero-order valence-corrected chi connectivity index (χ0v) is 49.3. The molecule has 0 aliphatic carbocycles. The highest BCUT2D eigenvalue weighted by Crippen LogP contribution is 2.48. The Morgan fingerprint density at radius 2 is 0.898 bits per heavy atom. The summed E-state index contributed by atoms with van der Waals surface area (Å²) in [6.45, 7) is 1.77. The molecule has 8 aromatic rings. The second-order valence-corrected chi connectivity index (χ2v) is 25.3. The zero-order chi connectivity index (χ0) is 64.0. The number of phenols is 2. The molecule has 8 aromatic carbocycles. The summed E-state index contributed by atoms with van der Waals surface area (Å²) >= 11 is 1.30. The van der Waals surface area contributed by atoms with Gasteiger partial charge in [-0.1, -0.05) is 68.5 Å². The predicted octanol–water partition coefficient (Wildman–Crippen LogP) is 12.2. The van der Waals surface area contributed by atoms with Crippen molar-refractivity contribution in [2.75, 3.05) is 11.5 Å². The molecule has 0 aliphatic heterocycles. The van der Waals surface area contributed by atoms with E-state index in [0.29, 0.717) is 47.6 Å². The topological polar surface area (TPSA) is 514 Å². The van der Waals surface area contributed by atoms with Crippen LogP contribution in [-0.4, -0.2) is 82.7 Å². The minimum absolute atomic E-state index is 0.0301. The van der Waals surface area contributed by atoms with Crippen LogP contribution in [-0.2, 0) is 68.6 Å². The molecule has 88 heavy (non-hydrogen) atoms. The number of anilines is 2. The first-order chi connectivity index (χ1) is 41.5. The number of benzene rings is 8. The van der Waals surface area contributed by atoms with Gasteiger partial charge in [-0.3, -0.25) is 18.2 Å². The number of rotatable bonds is 23. The smallest absolute Gasteiger partial charge is 0.296 e. The number of nitrogens with two attached hydrogens (primary N) is 2. The highest BCUT2D eigenvalue weighted by atomic mass is 32.2. The van der Waals surface area contributed by atoms with Gasteiger partial charge >= 0.3 is 0 Å². The Balaban J connectivity index is 1.06. The van der Waals surface area contributed by atoms with E-state index < -0.39 is 88.0 Å². The monoisotopic (exact) mass is 1350 g/mol. The lowest BCUT2D eigenvalue weighted by Crippen LogP contribution is -2.04. The quantitative estimate of drug-likeness (QED) is 0.00414. The fourth-order valence-corrected chi connectivity index (χ4v) is 12.4. The molecule has 460 valence electrons. The Kier molecular flexibility index (Phi) is 20.3. The molecule has 0 amide bonds. The van der Waals surface area contributed by atoms with Crippen molar-refractivity contribution in [1.82, 2.24) is 0 Å². The van der Waals surface area contributed by atoms with Gasteiger partial charge in [0.2, 0.25) is 5.69 Å². The predicted molar refractivity (Wildman–Crippen MR) is 313 cm³/mol. The van der Waals surface area contributed by atoms with Crippen LogP contribution >= 0.6 is 36.1 Å². The second kappa shape index (κ2) is 27.1. The van der Waals surface area contributed by atoms with E-state index in [-0.39, 0.29) is 87.1 Å². The van der Waals surface area contributed by atoms with Gasteiger partial charge in [-0.25, -0.2) is 15.8 Å². The van der Waals surface area contributed by atoms with Crippen molar-refractivity contribution in [3.05, 3.63) is 142 Å². The summed E-state index contributed by atoms with van der Waals surface area (Å²) in [6.07, 6.45) is 4.99. The van der Waals surface area contributed by atoms with Crippen LogP contribution in [0.1, 0.15) is 27.8 Å². The summed E-state index contributed by atoms with van der Waals surface area (Å²) in [5.74, 6) is -1.51. The Morgan fingerprint density at radius 3 is 1.44 bits per heavy atom. The van der Waals surface area contributed by atoms with E-state index in [1.807, 2.05) is 0 Å². The molecule has 0 bridgehead atoms. The number of aromatic hydroxyl groups is 2. The maximum Gasteiger partial charge on any atom is 0.296 e. The summed E-state index contributed by atoms with van der Waals surface area (Å²) in [7, 11) is -20.6. The number of hydrogen-bond acceptors (Lipinski definition) is 30. The van der Waals surface area contributed by atoms with E-state index in [9.17, 15) is 67.3 Å². The Morgan fingerprint density at radius 1 is 0.466 bits per heavy atom. The molecule has 0 unspecified atom stereocenters. The van der Waals surface area contributed by atoms with Crippen LogP contribution in [0.15, 0.2) is 169 Å². The van der Waals surface area contributed by atoms with E-state index in [2.05, 4.69) is 53.7 Å². The third-order valence-corrected chi connectivity index (χ3v) is 17.6. The first-order valence-corrected chi connectivity index (χ1v) is 31.4. The number of nitrogens with zero attached hydrogens (tertiary/aromatic N) is 6. The Bertz CT molecular complexity index is 4750. The van der Waals surface area contributed by atoms with Crippen LogP contribution in [0.5, 0.6) is 11.5 Å². The fourth-order valence-electron chi connectivity index (χ4n) is 8.20. The van der Waals surface area contributed by atoms with Crippen LogP contribution in [0.3, 0.4) is 0 Å². The lowest BCUT2D eigenvalue weighted by molar-refractivity contribution is -0.435. The molecular weight excluding hydrogens is 1310 g/mol. The lowest BCUT2D eigenvalue weighted by atomic mass is 10.0. The van der Waals surface area contributed by atoms with Crippen molar-refractivity contribution < 1.29 is 111 Å². The van der Waals surface area contributed by atoms with Crippen molar-refractivity contribution in [2.45, 2.75) is 41.2 Å². The van der Waals surface area contributed by atoms with E-state index in [1.54, 1.807) is 25.1 Å². The van der Waals surface area contributed by atoms with E-state index in [0.717, 1.165) is 54.1 Å². The van der Waals surface area contributed by atoms with Gasteiger partial charge in [0.15, 0.2) is 11.5 Å². The molecule has 39 heteroatoms. The molecule has 0 aromatic heterocycles. The first kappa shape index (κ1) is 65.9. The molecule has 0 saturated heterocycles. The minimum atomic E-state index is -5.36. The number of azo groups is 3. The maximum absolute atomic E-state index is 13.5. The summed E-state index contributed by atoms with van der Waals surface area (Å²) in [5, 5.41) is 93.1. The average Bonchev–Trinajstić information content (AvgIpc) is 1.40. The summed E-state index contributed by atoms with van der Waals surface area (Å²) in [5.41, 5.74) is 10.7. The lowest BCUT2D eigenvalue weighted by Gasteiger charge is -2.13. The number of phenolic OH excluding ortho intramolecular Hbond substituents is 2.